The number of nitrogens with one attached hydrogen (secondary N) is 3. The molecule has 6 nitrogen and oxygen atoms in total. The maximum absolute atomic E-state index is 12.8. The van der Waals surface area contributed by atoms with Crippen LogP contribution in [0.1, 0.15) is 42.7 Å². The van der Waals surface area contributed by atoms with Crippen LogP contribution in [-0.4, -0.2) is 39.7 Å². The minimum Gasteiger partial charge on any atom is -0.394 e. The molecule has 160 valence electrons. The molecule has 7 heteroatoms. The van der Waals surface area contributed by atoms with Gasteiger partial charge in [0, 0.05) is 34.9 Å². The van der Waals surface area contributed by atoms with Gasteiger partial charge in [-0.2, -0.15) is 0 Å². The second-order valence-corrected chi connectivity index (χ2v) is 8.19. The fraction of sp³-hybridized carbons (Fsp3) is 0.391. The zero-order valence-electron chi connectivity index (χ0n) is 17.6. The summed E-state index contributed by atoms with van der Waals surface area (Å²) in [6.07, 6.45) is 11.0. The molecule has 2 heterocycles. The number of carbonyl (C=O) groups is 1. The molecule has 2 aromatic rings. The van der Waals surface area contributed by atoms with Crippen LogP contribution in [0.4, 0.5) is 5.82 Å². The van der Waals surface area contributed by atoms with Crippen molar-refractivity contribution in [1.82, 2.24) is 15.3 Å². The molecule has 3 rings (SSSR count). The first-order valence-electron chi connectivity index (χ1n) is 10.3. The highest BCUT2D eigenvalue weighted by atomic mass is 35.5. The molecule has 1 aliphatic carbocycles. The van der Waals surface area contributed by atoms with Crippen molar-refractivity contribution in [2.24, 2.45) is 5.92 Å². The first-order valence-corrected chi connectivity index (χ1v) is 10.7. The summed E-state index contributed by atoms with van der Waals surface area (Å²) in [6, 6.07) is 3.75. The summed E-state index contributed by atoms with van der Waals surface area (Å²) < 4.78 is 0. The van der Waals surface area contributed by atoms with Crippen molar-refractivity contribution in [3.8, 4) is 11.1 Å². The largest absolute Gasteiger partial charge is 0.394 e. The number of anilines is 1. The summed E-state index contributed by atoms with van der Waals surface area (Å²) in [6.45, 7) is 6.07. The number of H-pyrrole nitrogens is 1. The Balaban J connectivity index is 1.75. The first-order chi connectivity index (χ1) is 14.4. The highest BCUT2D eigenvalue weighted by Gasteiger charge is 2.23. The number of aliphatic hydroxyl groups is 1. The molecular weight excluding hydrogens is 400 g/mol. The Kier molecular flexibility index (Phi) is 7.34. The molecule has 3 atom stereocenters. The number of hydrogen-bond donors (Lipinski definition) is 4. The molecule has 0 aliphatic heterocycles. The number of carbonyl (C=O) groups excluding carboxylic acids is 1. The van der Waals surface area contributed by atoms with Crippen molar-refractivity contribution in [1.29, 1.82) is 0 Å². The third-order valence-corrected chi connectivity index (χ3v) is 5.69. The summed E-state index contributed by atoms with van der Waals surface area (Å²) in [7, 11) is 0. The predicted molar refractivity (Wildman–Crippen MR) is 122 cm³/mol. The number of hydrogen-bond acceptors (Lipinski definition) is 4. The van der Waals surface area contributed by atoms with E-state index in [0.717, 1.165) is 35.3 Å². The fourth-order valence-electron chi connectivity index (χ4n) is 3.43. The Hall–Kier alpha value is -2.57. The number of rotatable bonds is 8. The van der Waals surface area contributed by atoms with Gasteiger partial charge in [-0.3, -0.25) is 4.79 Å². The van der Waals surface area contributed by atoms with Crippen molar-refractivity contribution in [3.63, 3.8) is 0 Å². The lowest BCUT2D eigenvalue weighted by molar-refractivity contribution is 0.0895. The molecule has 0 saturated carbocycles. The number of allylic oxidation sites excluding steroid dienone is 3. The SMILES string of the molecule is CC[C@H](C)Nc1cc(-c2c[nH]c(C(=O)N[C@H](CO)C3C=C(Cl)C=CC3)c2)c(C)cn1. The van der Waals surface area contributed by atoms with Crippen LogP contribution in [0, 0.1) is 12.8 Å². The molecule has 1 aliphatic rings. The zero-order chi connectivity index (χ0) is 21.7. The van der Waals surface area contributed by atoms with Gasteiger partial charge in [0.15, 0.2) is 0 Å². The predicted octanol–water partition coefficient (Wildman–Crippen LogP) is 4.39. The summed E-state index contributed by atoms with van der Waals surface area (Å²) >= 11 is 6.07. The molecule has 0 spiro atoms. The van der Waals surface area contributed by atoms with E-state index < -0.39 is 6.04 Å². The topological polar surface area (TPSA) is 90.0 Å². The molecule has 0 bridgehead atoms. The summed E-state index contributed by atoms with van der Waals surface area (Å²) in [5.41, 5.74) is 3.39. The molecule has 0 fully saturated rings. The normalized spacial score (nSPS) is 17.9. The van der Waals surface area contributed by atoms with E-state index in [1.54, 1.807) is 0 Å². The Bertz CT molecular complexity index is 950. The van der Waals surface area contributed by atoms with Gasteiger partial charge in [0.2, 0.25) is 0 Å². The maximum atomic E-state index is 12.8. The van der Waals surface area contributed by atoms with E-state index in [1.807, 2.05) is 49.7 Å². The van der Waals surface area contributed by atoms with Gasteiger partial charge in [-0.25, -0.2) is 4.98 Å². The van der Waals surface area contributed by atoms with Gasteiger partial charge < -0.3 is 20.7 Å². The number of amides is 1. The first kappa shape index (κ1) is 22.1. The van der Waals surface area contributed by atoms with E-state index in [9.17, 15) is 9.90 Å². The number of aromatic nitrogens is 2. The van der Waals surface area contributed by atoms with Crippen molar-refractivity contribution in [3.05, 3.63) is 59.0 Å². The number of nitrogens with zero attached hydrogens (tertiary/aromatic N) is 1. The smallest absolute Gasteiger partial charge is 0.268 e. The second-order valence-electron chi connectivity index (χ2n) is 7.76. The Labute approximate surface area is 182 Å². The molecule has 0 radical (unpaired) electrons. The highest BCUT2D eigenvalue weighted by Crippen LogP contribution is 2.27. The van der Waals surface area contributed by atoms with Crippen LogP contribution in [0.3, 0.4) is 0 Å². The van der Waals surface area contributed by atoms with Gasteiger partial charge in [0.05, 0.1) is 12.6 Å². The van der Waals surface area contributed by atoms with Crippen LogP contribution >= 0.6 is 11.6 Å². The Morgan fingerprint density at radius 2 is 2.23 bits per heavy atom. The Morgan fingerprint density at radius 1 is 1.43 bits per heavy atom. The molecule has 0 saturated heterocycles. The lowest BCUT2D eigenvalue weighted by Crippen LogP contribution is -2.42. The van der Waals surface area contributed by atoms with Crippen molar-refractivity contribution >= 4 is 23.3 Å². The molecule has 1 amide bonds. The van der Waals surface area contributed by atoms with E-state index in [2.05, 4.69) is 34.4 Å². The van der Waals surface area contributed by atoms with E-state index in [1.165, 1.54) is 0 Å². The number of pyridine rings is 1. The number of aryl methyl sites for hydroxylation is 1. The second kappa shape index (κ2) is 9.96. The summed E-state index contributed by atoms with van der Waals surface area (Å²) in [5, 5.41) is 16.7. The van der Waals surface area contributed by atoms with Crippen LogP contribution in [0.25, 0.3) is 11.1 Å². The third kappa shape index (κ3) is 5.32. The molecule has 4 N–H and O–H groups in total. The van der Waals surface area contributed by atoms with Crippen LogP contribution in [0.2, 0.25) is 0 Å². The molecule has 1 unspecified atom stereocenters. The van der Waals surface area contributed by atoms with Gasteiger partial charge in [0.25, 0.3) is 5.91 Å². The van der Waals surface area contributed by atoms with Crippen molar-refractivity contribution in [2.45, 2.75) is 45.7 Å². The van der Waals surface area contributed by atoms with E-state index in [0.29, 0.717) is 16.8 Å². The van der Waals surface area contributed by atoms with Crippen molar-refractivity contribution < 1.29 is 9.90 Å². The quantitative estimate of drug-likeness (QED) is 0.502. The third-order valence-electron chi connectivity index (χ3n) is 5.44. The average molecular weight is 429 g/mol. The van der Waals surface area contributed by atoms with Gasteiger partial charge in [-0.15, -0.1) is 0 Å². The molecule has 2 aromatic heterocycles. The zero-order valence-corrected chi connectivity index (χ0v) is 18.3. The van der Waals surface area contributed by atoms with Crippen molar-refractivity contribution in [2.75, 3.05) is 11.9 Å². The number of halogens is 1. The van der Waals surface area contributed by atoms with E-state index >= 15 is 0 Å². The standard InChI is InChI=1S/C23H29ClN4O2/c1-4-15(3)27-22-10-19(14(2)11-26-22)17-9-20(25-12-17)23(30)28-21(13-29)16-6-5-7-18(24)8-16/h5,7-12,15-16,21,25,29H,4,6,13H2,1-3H3,(H,26,27)(H,28,30)/t15-,16?,21+/m0/s1. The summed E-state index contributed by atoms with van der Waals surface area (Å²) in [4.78, 5) is 20.3. The maximum Gasteiger partial charge on any atom is 0.268 e. The summed E-state index contributed by atoms with van der Waals surface area (Å²) in [5.74, 6) is 0.512. The highest BCUT2D eigenvalue weighted by molar-refractivity contribution is 6.31. The lowest BCUT2D eigenvalue weighted by Gasteiger charge is -2.24. The van der Waals surface area contributed by atoms with Gasteiger partial charge in [-0.05, 0) is 56.0 Å². The number of aromatic amines is 1. The van der Waals surface area contributed by atoms with Crippen LogP contribution in [0.5, 0.6) is 0 Å². The Morgan fingerprint density at radius 3 is 2.93 bits per heavy atom. The average Bonchev–Trinajstić information content (AvgIpc) is 3.23. The van der Waals surface area contributed by atoms with Gasteiger partial charge in [-0.1, -0.05) is 30.7 Å². The van der Waals surface area contributed by atoms with Crippen LogP contribution < -0.4 is 10.6 Å². The van der Waals surface area contributed by atoms with Crippen LogP contribution in [-0.2, 0) is 0 Å². The monoisotopic (exact) mass is 428 g/mol. The minimum atomic E-state index is -0.406. The van der Waals surface area contributed by atoms with Gasteiger partial charge in [0.1, 0.15) is 11.5 Å². The number of aliphatic hydroxyl groups excluding tert-OH is 1. The minimum absolute atomic E-state index is 0.0393. The lowest BCUT2D eigenvalue weighted by atomic mass is 9.93. The molecule has 30 heavy (non-hydrogen) atoms. The van der Waals surface area contributed by atoms with Crippen LogP contribution in [0.15, 0.2) is 47.8 Å². The fourth-order valence-corrected chi connectivity index (χ4v) is 3.68. The van der Waals surface area contributed by atoms with Gasteiger partial charge >= 0.3 is 0 Å². The molecule has 0 aromatic carbocycles. The van der Waals surface area contributed by atoms with E-state index in [4.69, 9.17) is 11.6 Å². The molecular formula is C23H29ClN4O2. The van der Waals surface area contributed by atoms with E-state index in [-0.39, 0.29) is 18.4 Å².